The molecule has 1 aliphatic rings. The average molecular weight is 331 g/mol. The van der Waals surface area contributed by atoms with E-state index in [0.717, 1.165) is 17.9 Å². The maximum absolute atomic E-state index is 12.3. The molecule has 0 saturated carbocycles. The zero-order valence-electron chi connectivity index (χ0n) is 10.7. The summed E-state index contributed by atoms with van der Waals surface area (Å²) in [7, 11) is -3.58. The van der Waals surface area contributed by atoms with Crippen molar-refractivity contribution in [3.63, 3.8) is 0 Å². The van der Waals surface area contributed by atoms with Gasteiger partial charge in [0.25, 0.3) is 0 Å². The third kappa shape index (κ3) is 3.90. The monoisotopic (exact) mass is 330 g/mol. The SMILES string of the molecule is NCC#Cc1ccc(S(=O)(=O)NC2CCSC2)c(Cl)c1. The first-order chi connectivity index (χ1) is 9.53. The predicted octanol–water partition coefficient (Wildman–Crippen LogP) is 1.43. The van der Waals surface area contributed by atoms with Crippen LogP contribution in [0.15, 0.2) is 23.1 Å². The van der Waals surface area contributed by atoms with Crippen molar-refractivity contribution in [3.8, 4) is 11.8 Å². The lowest BCUT2D eigenvalue weighted by Gasteiger charge is -2.13. The van der Waals surface area contributed by atoms with Gasteiger partial charge in [0.15, 0.2) is 0 Å². The molecule has 1 aromatic carbocycles. The molecule has 0 aliphatic carbocycles. The molecule has 108 valence electrons. The van der Waals surface area contributed by atoms with Crippen molar-refractivity contribution < 1.29 is 8.42 Å². The number of nitrogens with one attached hydrogen (secondary N) is 1. The molecule has 0 amide bonds. The molecule has 1 fully saturated rings. The van der Waals surface area contributed by atoms with Gasteiger partial charge in [-0.2, -0.15) is 11.8 Å². The van der Waals surface area contributed by atoms with Gasteiger partial charge >= 0.3 is 0 Å². The topological polar surface area (TPSA) is 72.2 Å². The molecule has 0 bridgehead atoms. The highest BCUT2D eigenvalue weighted by molar-refractivity contribution is 7.99. The summed E-state index contributed by atoms with van der Waals surface area (Å²) in [5.74, 6) is 7.30. The number of nitrogens with two attached hydrogens (primary N) is 1. The molecule has 3 N–H and O–H groups in total. The molecule has 0 aromatic heterocycles. The number of rotatable bonds is 3. The number of hydrogen-bond donors (Lipinski definition) is 2. The second-order valence-electron chi connectivity index (χ2n) is 4.33. The van der Waals surface area contributed by atoms with Crippen LogP contribution in [0.2, 0.25) is 5.02 Å². The normalized spacial score (nSPS) is 18.6. The Balaban J connectivity index is 2.23. The first-order valence-electron chi connectivity index (χ1n) is 6.11. The summed E-state index contributed by atoms with van der Waals surface area (Å²) in [6, 6.07) is 4.64. The summed E-state index contributed by atoms with van der Waals surface area (Å²) in [6.45, 7) is 0.249. The Bertz CT molecular complexity index is 644. The summed E-state index contributed by atoms with van der Waals surface area (Å²) >= 11 is 7.80. The van der Waals surface area contributed by atoms with Gasteiger partial charge in [0.1, 0.15) is 4.90 Å². The van der Waals surface area contributed by atoms with E-state index in [9.17, 15) is 8.42 Å². The number of hydrogen-bond acceptors (Lipinski definition) is 4. The Kier molecular flexibility index (Phi) is 5.35. The van der Waals surface area contributed by atoms with Crippen molar-refractivity contribution in [2.75, 3.05) is 18.1 Å². The van der Waals surface area contributed by atoms with Crippen molar-refractivity contribution in [1.82, 2.24) is 4.72 Å². The molecule has 1 heterocycles. The molecule has 7 heteroatoms. The van der Waals surface area contributed by atoms with Gasteiger partial charge in [0.2, 0.25) is 10.0 Å². The summed E-state index contributed by atoms with van der Waals surface area (Å²) in [5.41, 5.74) is 5.94. The van der Waals surface area contributed by atoms with Gasteiger partial charge in [-0.1, -0.05) is 23.4 Å². The van der Waals surface area contributed by atoms with E-state index < -0.39 is 10.0 Å². The summed E-state index contributed by atoms with van der Waals surface area (Å²) in [5, 5.41) is 0.173. The molecule has 2 rings (SSSR count). The minimum atomic E-state index is -3.58. The van der Waals surface area contributed by atoms with Gasteiger partial charge < -0.3 is 5.73 Å². The van der Waals surface area contributed by atoms with E-state index in [-0.39, 0.29) is 22.5 Å². The van der Waals surface area contributed by atoms with Crippen LogP contribution in [0.4, 0.5) is 0 Å². The standard InChI is InChI=1S/C13H15ClN2O2S2/c14-12-8-10(2-1-6-15)3-4-13(12)20(17,18)16-11-5-7-19-9-11/h3-4,8,11,16H,5-7,9,15H2. The number of thioether (sulfide) groups is 1. The first kappa shape index (κ1) is 15.7. The minimum absolute atomic E-state index is 0.0159. The Morgan fingerprint density at radius 2 is 2.30 bits per heavy atom. The van der Waals surface area contributed by atoms with Crippen molar-refractivity contribution >= 4 is 33.4 Å². The van der Waals surface area contributed by atoms with Crippen molar-refractivity contribution in [2.24, 2.45) is 5.73 Å². The van der Waals surface area contributed by atoms with Crippen LogP contribution in [-0.2, 0) is 10.0 Å². The largest absolute Gasteiger partial charge is 0.320 e. The average Bonchev–Trinajstić information content (AvgIpc) is 2.88. The second-order valence-corrected chi connectivity index (χ2v) is 7.57. The van der Waals surface area contributed by atoms with E-state index in [2.05, 4.69) is 16.6 Å². The van der Waals surface area contributed by atoms with Crippen LogP contribution in [-0.4, -0.2) is 32.5 Å². The van der Waals surface area contributed by atoms with E-state index in [0.29, 0.717) is 5.56 Å². The molecule has 1 aliphatic heterocycles. The molecule has 0 spiro atoms. The zero-order chi connectivity index (χ0) is 14.6. The van der Waals surface area contributed by atoms with Crippen LogP contribution >= 0.6 is 23.4 Å². The highest BCUT2D eigenvalue weighted by Gasteiger charge is 2.24. The van der Waals surface area contributed by atoms with Crippen molar-refractivity contribution in [2.45, 2.75) is 17.4 Å². The quantitative estimate of drug-likeness (QED) is 0.822. The fourth-order valence-electron chi connectivity index (χ4n) is 1.86. The minimum Gasteiger partial charge on any atom is -0.320 e. The maximum atomic E-state index is 12.3. The van der Waals surface area contributed by atoms with Gasteiger partial charge in [-0.15, -0.1) is 0 Å². The van der Waals surface area contributed by atoms with Gasteiger partial charge in [-0.25, -0.2) is 13.1 Å². The molecule has 1 atom stereocenters. The summed E-state index contributed by atoms with van der Waals surface area (Å²) < 4.78 is 27.2. The zero-order valence-corrected chi connectivity index (χ0v) is 13.1. The van der Waals surface area contributed by atoms with E-state index in [1.54, 1.807) is 23.9 Å². The smallest absolute Gasteiger partial charge is 0.242 e. The third-order valence-corrected chi connectivity index (χ3v) is 5.97. The van der Waals surface area contributed by atoms with Crippen LogP contribution in [0.1, 0.15) is 12.0 Å². The lowest BCUT2D eigenvalue weighted by molar-refractivity contribution is 0.563. The third-order valence-electron chi connectivity index (χ3n) is 2.81. The fraction of sp³-hybridized carbons (Fsp3) is 0.385. The van der Waals surface area contributed by atoms with Crippen molar-refractivity contribution in [1.29, 1.82) is 0 Å². The second kappa shape index (κ2) is 6.83. The molecule has 1 aromatic rings. The lowest BCUT2D eigenvalue weighted by atomic mass is 10.2. The summed E-state index contributed by atoms with van der Waals surface area (Å²) in [6.07, 6.45) is 0.849. The molecule has 20 heavy (non-hydrogen) atoms. The van der Waals surface area contributed by atoms with Gasteiger partial charge in [-0.05, 0) is 30.4 Å². The van der Waals surface area contributed by atoms with Crippen LogP contribution in [0.25, 0.3) is 0 Å². The Morgan fingerprint density at radius 3 is 2.90 bits per heavy atom. The lowest BCUT2D eigenvalue weighted by Crippen LogP contribution is -2.34. The van der Waals surface area contributed by atoms with E-state index in [4.69, 9.17) is 17.3 Å². The number of halogens is 1. The highest BCUT2D eigenvalue weighted by Crippen LogP contribution is 2.24. The van der Waals surface area contributed by atoms with E-state index >= 15 is 0 Å². The molecular formula is C13H15ClN2O2S2. The number of sulfonamides is 1. The molecule has 1 saturated heterocycles. The first-order valence-corrected chi connectivity index (χ1v) is 9.13. The van der Waals surface area contributed by atoms with Crippen LogP contribution < -0.4 is 10.5 Å². The summed E-state index contributed by atoms with van der Waals surface area (Å²) in [4.78, 5) is 0.0920. The van der Waals surface area contributed by atoms with Gasteiger partial charge in [0.05, 0.1) is 11.6 Å². The Morgan fingerprint density at radius 1 is 1.50 bits per heavy atom. The van der Waals surface area contributed by atoms with Crippen LogP contribution in [0.3, 0.4) is 0 Å². The predicted molar refractivity (Wildman–Crippen MR) is 83.4 cm³/mol. The van der Waals surface area contributed by atoms with Crippen molar-refractivity contribution in [3.05, 3.63) is 28.8 Å². The molecule has 0 radical (unpaired) electrons. The molecule has 4 nitrogen and oxygen atoms in total. The van der Waals surface area contributed by atoms with E-state index in [1.165, 1.54) is 6.07 Å². The van der Waals surface area contributed by atoms with E-state index in [1.807, 2.05) is 0 Å². The fourth-order valence-corrected chi connectivity index (χ4v) is 4.93. The van der Waals surface area contributed by atoms with Crippen LogP contribution in [0.5, 0.6) is 0 Å². The maximum Gasteiger partial charge on any atom is 0.242 e. The molecule has 1 unspecified atom stereocenters. The Labute approximate surface area is 128 Å². The Hall–Kier alpha value is -0.710. The number of benzene rings is 1. The molecular weight excluding hydrogens is 316 g/mol. The van der Waals surface area contributed by atoms with Gasteiger partial charge in [0, 0.05) is 17.4 Å². The van der Waals surface area contributed by atoms with Gasteiger partial charge in [-0.3, -0.25) is 0 Å². The highest BCUT2D eigenvalue weighted by atomic mass is 35.5. The van der Waals surface area contributed by atoms with Crippen LogP contribution in [0, 0.1) is 11.8 Å².